The third kappa shape index (κ3) is 6.85. The number of hydrogen-bond donors (Lipinski definition) is 1. The summed E-state index contributed by atoms with van der Waals surface area (Å²) in [4.78, 5) is 27.8. The zero-order chi connectivity index (χ0) is 25.8. The van der Waals surface area contributed by atoms with Gasteiger partial charge in [-0.2, -0.15) is 5.10 Å². The number of amides is 2. The number of nitrogens with one attached hydrogen (secondary N) is 1. The fourth-order valence-electron chi connectivity index (χ4n) is 3.55. The lowest BCUT2D eigenvalue weighted by atomic mass is 9.92. The van der Waals surface area contributed by atoms with Crippen LogP contribution in [-0.2, 0) is 10.2 Å². The number of carbonyl (C=O) groups excluding carboxylic acids is 2. The van der Waals surface area contributed by atoms with Gasteiger partial charge in [-0.3, -0.25) is 9.59 Å². The van der Waals surface area contributed by atoms with Crippen molar-refractivity contribution in [3.8, 4) is 11.4 Å². The summed E-state index contributed by atoms with van der Waals surface area (Å²) in [7, 11) is 1.61. The van der Waals surface area contributed by atoms with E-state index in [9.17, 15) is 9.59 Å². The molecule has 3 rings (SSSR count). The Morgan fingerprint density at radius 2 is 1.71 bits per heavy atom. The number of benzene rings is 2. The third-order valence-corrected chi connectivity index (χ3v) is 5.61. The van der Waals surface area contributed by atoms with E-state index < -0.39 is 0 Å². The van der Waals surface area contributed by atoms with E-state index in [0.29, 0.717) is 22.9 Å². The second-order valence-corrected chi connectivity index (χ2v) is 10.3. The van der Waals surface area contributed by atoms with Crippen molar-refractivity contribution in [2.24, 2.45) is 5.92 Å². The van der Waals surface area contributed by atoms with E-state index in [4.69, 9.17) is 21.4 Å². The van der Waals surface area contributed by atoms with Gasteiger partial charge in [0.05, 0.1) is 18.5 Å². The second-order valence-electron chi connectivity index (χ2n) is 9.91. The Kier molecular flexibility index (Phi) is 8.22. The Morgan fingerprint density at radius 3 is 2.26 bits per heavy atom. The van der Waals surface area contributed by atoms with Crippen molar-refractivity contribution in [3.63, 3.8) is 0 Å². The third-order valence-electron chi connectivity index (χ3n) is 5.36. The van der Waals surface area contributed by atoms with Crippen molar-refractivity contribution in [2.45, 2.75) is 40.0 Å². The lowest BCUT2D eigenvalue weighted by molar-refractivity contribution is -0.117. The van der Waals surface area contributed by atoms with Gasteiger partial charge in [0.25, 0.3) is 5.91 Å². The molecule has 2 amide bonds. The van der Waals surface area contributed by atoms with Crippen LogP contribution in [0.5, 0.6) is 5.75 Å². The number of methoxy groups -OCH3 is 1. The highest BCUT2D eigenvalue weighted by Crippen LogP contribution is 2.27. The quantitative estimate of drug-likeness (QED) is 0.442. The summed E-state index contributed by atoms with van der Waals surface area (Å²) in [5.41, 5.74) is 1.89. The molecule has 186 valence electrons. The van der Waals surface area contributed by atoms with Crippen LogP contribution < -0.4 is 10.1 Å². The van der Waals surface area contributed by atoms with Crippen LogP contribution in [0.15, 0.2) is 54.6 Å². The maximum atomic E-state index is 13.1. The first-order valence-electron chi connectivity index (χ1n) is 11.6. The first kappa shape index (κ1) is 26.3. The molecular weight excluding hydrogens is 464 g/mol. The summed E-state index contributed by atoms with van der Waals surface area (Å²) in [6.07, 6.45) is 0. The maximum Gasteiger partial charge on any atom is 0.254 e. The van der Waals surface area contributed by atoms with Crippen LogP contribution in [-0.4, -0.2) is 46.7 Å². The van der Waals surface area contributed by atoms with Gasteiger partial charge < -0.3 is 15.0 Å². The van der Waals surface area contributed by atoms with Gasteiger partial charge in [-0.1, -0.05) is 46.2 Å². The van der Waals surface area contributed by atoms with Gasteiger partial charge in [-0.15, -0.1) is 0 Å². The van der Waals surface area contributed by atoms with Crippen LogP contribution in [0.4, 0.5) is 5.82 Å². The van der Waals surface area contributed by atoms with Crippen molar-refractivity contribution in [3.05, 3.63) is 70.9 Å². The molecule has 0 fully saturated rings. The molecule has 0 radical (unpaired) electrons. The Balaban J connectivity index is 1.86. The molecular formula is C27H33ClN4O3. The first-order valence-corrected chi connectivity index (χ1v) is 12.0. The highest BCUT2D eigenvalue weighted by atomic mass is 35.5. The molecule has 1 N–H and O–H groups in total. The summed E-state index contributed by atoms with van der Waals surface area (Å²) in [5.74, 6) is 0.935. The van der Waals surface area contributed by atoms with E-state index in [-0.39, 0.29) is 29.7 Å². The van der Waals surface area contributed by atoms with Gasteiger partial charge in [0, 0.05) is 28.6 Å². The van der Waals surface area contributed by atoms with Gasteiger partial charge in [-0.25, -0.2) is 4.68 Å². The molecule has 8 heteroatoms. The summed E-state index contributed by atoms with van der Waals surface area (Å²) in [5, 5.41) is 8.26. The Bertz CT molecular complexity index is 1160. The average Bonchev–Trinajstić information content (AvgIpc) is 3.22. The van der Waals surface area contributed by atoms with Gasteiger partial charge in [0.15, 0.2) is 0 Å². The molecule has 0 atom stereocenters. The molecule has 0 aliphatic carbocycles. The zero-order valence-electron chi connectivity index (χ0n) is 21.1. The van der Waals surface area contributed by atoms with E-state index in [0.717, 1.165) is 17.1 Å². The largest absolute Gasteiger partial charge is 0.497 e. The molecule has 7 nitrogen and oxygen atoms in total. The molecule has 1 heterocycles. The highest BCUT2D eigenvalue weighted by molar-refractivity contribution is 6.30. The number of carbonyl (C=O) groups is 2. The molecule has 0 spiro atoms. The summed E-state index contributed by atoms with van der Waals surface area (Å²) >= 11 is 5.97. The molecule has 3 aromatic rings. The van der Waals surface area contributed by atoms with E-state index >= 15 is 0 Å². The van der Waals surface area contributed by atoms with Crippen molar-refractivity contribution < 1.29 is 14.3 Å². The number of hydrogen-bond acceptors (Lipinski definition) is 4. The van der Waals surface area contributed by atoms with E-state index in [1.807, 2.05) is 44.2 Å². The summed E-state index contributed by atoms with van der Waals surface area (Å²) < 4.78 is 6.96. The van der Waals surface area contributed by atoms with Crippen LogP contribution in [0.1, 0.15) is 50.7 Å². The smallest absolute Gasteiger partial charge is 0.254 e. The van der Waals surface area contributed by atoms with E-state index in [2.05, 4.69) is 26.1 Å². The minimum Gasteiger partial charge on any atom is -0.497 e. The molecule has 0 bridgehead atoms. The Morgan fingerprint density at radius 1 is 1.09 bits per heavy atom. The number of anilines is 1. The van der Waals surface area contributed by atoms with Crippen molar-refractivity contribution in [1.29, 1.82) is 0 Å². The van der Waals surface area contributed by atoms with Gasteiger partial charge in [0.1, 0.15) is 18.1 Å². The molecule has 0 saturated carbocycles. The molecule has 1 aromatic heterocycles. The molecule has 0 aliphatic heterocycles. The van der Waals surface area contributed by atoms with Crippen molar-refractivity contribution in [1.82, 2.24) is 14.7 Å². The Hall–Kier alpha value is -3.32. The van der Waals surface area contributed by atoms with Crippen LogP contribution in [0.25, 0.3) is 5.69 Å². The zero-order valence-corrected chi connectivity index (χ0v) is 21.9. The predicted molar refractivity (Wildman–Crippen MR) is 140 cm³/mol. The van der Waals surface area contributed by atoms with E-state index in [1.165, 1.54) is 0 Å². The summed E-state index contributed by atoms with van der Waals surface area (Å²) in [6.45, 7) is 10.6. The van der Waals surface area contributed by atoms with Gasteiger partial charge in [-0.05, 0) is 54.4 Å². The maximum absolute atomic E-state index is 13.1. The van der Waals surface area contributed by atoms with Gasteiger partial charge >= 0.3 is 0 Å². The van der Waals surface area contributed by atoms with Crippen molar-refractivity contribution >= 4 is 29.2 Å². The van der Waals surface area contributed by atoms with Crippen LogP contribution in [0.2, 0.25) is 5.02 Å². The first-order chi connectivity index (χ1) is 16.5. The predicted octanol–water partition coefficient (Wildman–Crippen LogP) is 5.57. The normalized spacial score (nSPS) is 11.4. The van der Waals surface area contributed by atoms with Crippen LogP contribution >= 0.6 is 11.6 Å². The number of halogens is 1. The Labute approximate surface area is 212 Å². The standard InChI is InChI=1S/C27H33ClN4O3/c1-18(2)16-31(26(34)19-7-9-20(28)10-8-19)17-25(33)29-24-15-23(27(3,4)5)30-32(24)21-11-13-22(35-6)14-12-21/h7-15,18H,16-17H2,1-6H3,(H,29,33). The van der Waals surface area contributed by atoms with Crippen molar-refractivity contribution in [2.75, 3.05) is 25.5 Å². The number of rotatable bonds is 8. The van der Waals surface area contributed by atoms with E-state index in [1.54, 1.807) is 41.0 Å². The molecule has 35 heavy (non-hydrogen) atoms. The molecule has 0 saturated heterocycles. The topological polar surface area (TPSA) is 76.5 Å². The molecule has 2 aromatic carbocycles. The SMILES string of the molecule is COc1ccc(-n2nc(C(C)(C)C)cc2NC(=O)CN(CC(C)C)C(=O)c2ccc(Cl)cc2)cc1. The number of ether oxygens (including phenoxy) is 1. The fourth-order valence-corrected chi connectivity index (χ4v) is 3.67. The number of aromatic nitrogens is 2. The summed E-state index contributed by atoms with van der Waals surface area (Å²) in [6, 6.07) is 16.0. The minimum atomic E-state index is -0.303. The molecule has 0 aliphatic rings. The minimum absolute atomic E-state index is 0.0850. The average molecular weight is 497 g/mol. The highest BCUT2D eigenvalue weighted by Gasteiger charge is 2.24. The molecule has 0 unspecified atom stereocenters. The van der Waals surface area contributed by atoms with Gasteiger partial charge in [0.2, 0.25) is 5.91 Å². The lowest BCUT2D eigenvalue weighted by Crippen LogP contribution is -2.40. The second kappa shape index (κ2) is 11.0. The fraction of sp³-hybridized carbons (Fsp3) is 0.370. The monoisotopic (exact) mass is 496 g/mol. The van der Waals surface area contributed by atoms with Crippen LogP contribution in [0, 0.1) is 5.92 Å². The lowest BCUT2D eigenvalue weighted by Gasteiger charge is -2.24. The van der Waals surface area contributed by atoms with Crippen LogP contribution in [0.3, 0.4) is 0 Å². The number of nitrogens with zero attached hydrogens (tertiary/aromatic N) is 3.